The van der Waals surface area contributed by atoms with E-state index in [4.69, 9.17) is 10.2 Å². The summed E-state index contributed by atoms with van der Waals surface area (Å²) in [6.07, 6.45) is 3.29. The highest BCUT2D eigenvalue weighted by Gasteiger charge is 2.25. The third kappa shape index (κ3) is 3.58. The summed E-state index contributed by atoms with van der Waals surface area (Å²) in [7, 11) is 0. The summed E-state index contributed by atoms with van der Waals surface area (Å²) in [6.45, 7) is 3.69. The smallest absolute Gasteiger partial charge is 0.259 e. The molecule has 7 heteroatoms. The molecular formula is C26H21N5O2. The topological polar surface area (TPSA) is 98.5 Å². The molecule has 162 valence electrons. The van der Waals surface area contributed by atoms with Crippen LogP contribution in [0, 0.1) is 11.8 Å². The Morgan fingerprint density at radius 3 is 2.79 bits per heavy atom. The summed E-state index contributed by atoms with van der Waals surface area (Å²) in [5.41, 5.74) is 10.2. The number of carbonyl (C=O) groups excluding carboxylic acids is 1. The first kappa shape index (κ1) is 20.3. The van der Waals surface area contributed by atoms with Gasteiger partial charge in [0.1, 0.15) is 16.9 Å². The van der Waals surface area contributed by atoms with Gasteiger partial charge in [0.15, 0.2) is 11.5 Å². The van der Waals surface area contributed by atoms with E-state index in [9.17, 15) is 4.79 Å². The molecule has 0 aliphatic carbocycles. The minimum absolute atomic E-state index is 0.120. The first-order valence-electron chi connectivity index (χ1n) is 10.5. The molecule has 2 aromatic carbocycles. The van der Waals surface area contributed by atoms with E-state index >= 15 is 0 Å². The Kier molecular flexibility index (Phi) is 5.04. The standard InChI is InChI=1S/C26H21N5O2/c1-3-8-17-11-12-20-19(15-17)21(18-9-5-4-6-10-18)23(33-20)16(2)29-26(32)22-24(27)30-31-14-7-13-28-25(22)31/h4-7,9-16H,1-2H3,(H2,27,30)(H,29,32)/t16-/m1/s1. The van der Waals surface area contributed by atoms with Crippen LogP contribution < -0.4 is 11.1 Å². The normalized spacial score (nSPS) is 11.8. The van der Waals surface area contributed by atoms with Crippen molar-refractivity contribution in [2.75, 3.05) is 5.73 Å². The molecule has 0 saturated heterocycles. The Balaban J connectivity index is 1.59. The van der Waals surface area contributed by atoms with E-state index < -0.39 is 6.04 Å². The fourth-order valence-corrected chi connectivity index (χ4v) is 4.00. The van der Waals surface area contributed by atoms with Crippen molar-refractivity contribution in [1.29, 1.82) is 0 Å². The number of nitrogens with two attached hydrogens (primary N) is 1. The van der Waals surface area contributed by atoms with E-state index in [-0.39, 0.29) is 17.3 Å². The zero-order chi connectivity index (χ0) is 22.9. The largest absolute Gasteiger partial charge is 0.458 e. The molecule has 0 radical (unpaired) electrons. The third-order valence-corrected chi connectivity index (χ3v) is 5.44. The van der Waals surface area contributed by atoms with Gasteiger partial charge in [-0.3, -0.25) is 4.79 Å². The summed E-state index contributed by atoms with van der Waals surface area (Å²) in [5.74, 6) is 6.43. The molecule has 0 aliphatic rings. The molecule has 5 rings (SSSR count). The number of rotatable bonds is 4. The van der Waals surface area contributed by atoms with E-state index in [1.165, 1.54) is 4.52 Å². The van der Waals surface area contributed by atoms with Crippen molar-refractivity contribution < 1.29 is 9.21 Å². The number of furan rings is 1. The Morgan fingerprint density at radius 2 is 2.00 bits per heavy atom. The number of amides is 1. The SMILES string of the molecule is CC#Cc1ccc2oc([C@@H](C)NC(=O)c3c(N)nn4cccnc34)c(-c3ccccc3)c2c1. The van der Waals surface area contributed by atoms with Crippen molar-refractivity contribution in [2.24, 2.45) is 0 Å². The number of nitrogens with zero attached hydrogens (tertiary/aromatic N) is 3. The van der Waals surface area contributed by atoms with Gasteiger partial charge in [-0.05, 0) is 43.7 Å². The van der Waals surface area contributed by atoms with Gasteiger partial charge in [0.05, 0.1) is 6.04 Å². The molecule has 1 amide bonds. The van der Waals surface area contributed by atoms with Crippen LogP contribution in [0.3, 0.4) is 0 Å². The molecule has 33 heavy (non-hydrogen) atoms. The quantitative estimate of drug-likeness (QED) is 0.403. The second-order valence-corrected chi connectivity index (χ2v) is 7.64. The molecule has 7 nitrogen and oxygen atoms in total. The Labute approximate surface area is 190 Å². The number of aromatic nitrogens is 3. The molecule has 0 unspecified atom stereocenters. The molecule has 0 aliphatic heterocycles. The van der Waals surface area contributed by atoms with Gasteiger partial charge in [-0.2, -0.15) is 0 Å². The first-order chi connectivity index (χ1) is 16.1. The minimum Gasteiger partial charge on any atom is -0.458 e. The van der Waals surface area contributed by atoms with Crippen molar-refractivity contribution in [1.82, 2.24) is 19.9 Å². The number of benzene rings is 2. The third-order valence-electron chi connectivity index (χ3n) is 5.44. The highest BCUT2D eigenvalue weighted by molar-refractivity contribution is 6.04. The van der Waals surface area contributed by atoms with E-state index in [1.807, 2.05) is 62.4 Å². The fourth-order valence-electron chi connectivity index (χ4n) is 4.00. The number of hydrogen-bond donors (Lipinski definition) is 2. The van der Waals surface area contributed by atoms with Crippen molar-refractivity contribution in [3.63, 3.8) is 0 Å². The second-order valence-electron chi connectivity index (χ2n) is 7.64. The summed E-state index contributed by atoms with van der Waals surface area (Å²) in [6, 6.07) is 17.1. The average molecular weight is 435 g/mol. The summed E-state index contributed by atoms with van der Waals surface area (Å²) in [5, 5.41) is 8.12. The lowest BCUT2D eigenvalue weighted by Gasteiger charge is -2.14. The predicted octanol–water partition coefficient (Wildman–Crippen LogP) is 4.59. The maximum Gasteiger partial charge on any atom is 0.259 e. The van der Waals surface area contributed by atoms with Crippen LogP contribution in [0.15, 0.2) is 71.4 Å². The monoisotopic (exact) mass is 435 g/mol. The first-order valence-corrected chi connectivity index (χ1v) is 10.5. The maximum atomic E-state index is 13.2. The van der Waals surface area contributed by atoms with E-state index in [0.717, 1.165) is 27.7 Å². The lowest BCUT2D eigenvalue weighted by Crippen LogP contribution is -2.27. The van der Waals surface area contributed by atoms with E-state index in [1.54, 1.807) is 18.5 Å². The van der Waals surface area contributed by atoms with Crippen LogP contribution in [0.4, 0.5) is 5.82 Å². The van der Waals surface area contributed by atoms with Crippen LogP contribution >= 0.6 is 0 Å². The summed E-state index contributed by atoms with van der Waals surface area (Å²) >= 11 is 0. The zero-order valence-corrected chi connectivity index (χ0v) is 18.2. The second kappa shape index (κ2) is 8.17. The Hall–Kier alpha value is -4.57. The van der Waals surface area contributed by atoms with Crippen LogP contribution in [-0.4, -0.2) is 20.5 Å². The number of anilines is 1. The van der Waals surface area contributed by atoms with E-state index in [2.05, 4.69) is 27.2 Å². The van der Waals surface area contributed by atoms with Gasteiger partial charge in [-0.1, -0.05) is 36.3 Å². The molecule has 1 atom stereocenters. The molecule has 5 aromatic rings. The van der Waals surface area contributed by atoms with Crippen molar-refractivity contribution in [3.8, 4) is 23.0 Å². The number of carbonyl (C=O) groups is 1. The van der Waals surface area contributed by atoms with Crippen LogP contribution in [0.25, 0.3) is 27.7 Å². The Morgan fingerprint density at radius 1 is 1.18 bits per heavy atom. The molecule has 3 heterocycles. The highest BCUT2D eigenvalue weighted by atomic mass is 16.3. The number of nitrogen functional groups attached to an aromatic ring is 1. The highest BCUT2D eigenvalue weighted by Crippen LogP contribution is 2.38. The van der Waals surface area contributed by atoms with Crippen molar-refractivity contribution in [2.45, 2.75) is 19.9 Å². The molecular weight excluding hydrogens is 414 g/mol. The predicted molar refractivity (Wildman–Crippen MR) is 127 cm³/mol. The maximum absolute atomic E-state index is 13.2. The van der Waals surface area contributed by atoms with Crippen LogP contribution in [0.1, 0.15) is 41.6 Å². The molecule has 0 bridgehead atoms. The van der Waals surface area contributed by atoms with Gasteiger partial charge < -0.3 is 15.5 Å². The zero-order valence-electron chi connectivity index (χ0n) is 18.2. The van der Waals surface area contributed by atoms with E-state index in [0.29, 0.717) is 11.4 Å². The fraction of sp³-hybridized carbons (Fsp3) is 0.115. The van der Waals surface area contributed by atoms with Crippen molar-refractivity contribution in [3.05, 3.63) is 83.9 Å². The molecule has 3 N–H and O–H groups in total. The van der Waals surface area contributed by atoms with Gasteiger partial charge in [0.2, 0.25) is 0 Å². The molecule has 3 aromatic heterocycles. The minimum atomic E-state index is -0.445. The van der Waals surface area contributed by atoms with Gasteiger partial charge in [0.25, 0.3) is 5.91 Å². The number of hydrogen-bond acceptors (Lipinski definition) is 5. The Bertz CT molecular complexity index is 1550. The van der Waals surface area contributed by atoms with Gasteiger partial charge in [-0.25, -0.2) is 9.50 Å². The number of nitrogens with one attached hydrogen (secondary N) is 1. The van der Waals surface area contributed by atoms with Crippen LogP contribution in [-0.2, 0) is 0 Å². The number of fused-ring (bicyclic) bond motifs is 2. The summed E-state index contributed by atoms with van der Waals surface area (Å²) in [4.78, 5) is 17.4. The average Bonchev–Trinajstić information content (AvgIpc) is 3.36. The lowest BCUT2D eigenvalue weighted by molar-refractivity contribution is 0.0938. The lowest BCUT2D eigenvalue weighted by atomic mass is 9.98. The van der Waals surface area contributed by atoms with Crippen LogP contribution in [0.2, 0.25) is 0 Å². The molecule has 0 spiro atoms. The van der Waals surface area contributed by atoms with Gasteiger partial charge in [-0.15, -0.1) is 11.0 Å². The van der Waals surface area contributed by atoms with Gasteiger partial charge >= 0.3 is 0 Å². The van der Waals surface area contributed by atoms with Gasteiger partial charge in [0, 0.05) is 28.9 Å². The van der Waals surface area contributed by atoms with Crippen LogP contribution in [0.5, 0.6) is 0 Å². The van der Waals surface area contributed by atoms with Crippen molar-refractivity contribution >= 4 is 28.3 Å². The molecule has 0 saturated carbocycles. The molecule has 0 fully saturated rings. The summed E-state index contributed by atoms with van der Waals surface area (Å²) < 4.78 is 7.74.